The molecule has 0 unspecified atom stereocenters. The molecule has 0 saturated carbocycles. The standard InChI is InChI=1S/C12H19N3O2/c1-12(2,3)10-8-9(13-14-10)11(16)15-4-6-17-7-5-15/h8H,4-7H2,1-3H3,(H,13,14). The van der Waals surface area contributed by atoms with Crippen molar-refractivity contribution in [3.63, 3.8) is 0 Å². The average Bonchev–Trinajstić information content (AvgIpc) is 2.78. The lowest BCUT2D eigenvalue weighted by Crippen LogP contribution is -2.40. The summed E-state index contributed by atoms with van der Waals surface area (Å²) in [6.07, 6.45) is 0. The van der Waals surface area contributed by atoms with Crippen molar-refractivity contribution in [1.29, 1.82) is 0 Å². The number of nitrogens with one attached hydrogen (secondary N) is 1. The predicted octanol–water partition coefficient (Wildman–Crippen LogP) is 1.18. The van der Waals surface area contributed by atoms with E-state index in [2.05, 4.69) is 31.0 Å². The van der Waals surface area contributed by atoms with Gasteiger partial charge in [0.2, 0.25) is 0 Å². The Morgan fingerprint density at radius 2 is 2.06 bits per heavy atom. The summed E-state index contributed by atoms with van der Waals surface area (Å²) in [5.74, 6) is -0.0138. The largest absolute Gasteiger partial charge is 0.378 e. The molecule has 1 fully saturated rings. The third-order valence-electron chi connectivity index (χ3n) is 2.90. The molecule has 1 saturated heterocycles. The number of carbonyl (C=O) groups is 1. The van der Waals surface area contributed by atoms with E-state index in [0.29, 0.717) is 32.0 Å². The number of hydrogen-bond acceptors (Lipinski definition) is 3. The van der Waals surface area contributed by atoms with Crippen LogP contribution >= 0.6 is 0 Å². The van der Waals surface area contributed by atoms with Gasteiger partial charge in [0.1, 0.15) is 5.69 Å². The lowest BCUT2D eigenvalue weighted by atomic mass is 9.92. The molecular formula is C12H19N3O2. The van der Waals surface area contributed by atoms with Crippen molar-refractivity contribution < 1.29 is 9.53 Å². The Labute approximate surface area is 101 Å². The van der Waals surface area contributed by atoms with Crippen LogP contribution in [0.1, 0.15) is 37.0 Å². The molecule has 0 radical (unpaired) electrons. The number of aromatic amines is 1. The smallest absolute Gasteiger partial charge is 0.274 e. The van der Waals surface area contributed by atoms with Crippen LogP contribution in [0.5, 0.6) is 0 Å². The second kappa shape index (κ2) is 4.49. The Morgan fingerprint density at radius 3 is 2.59 bits per heavy atom. The highest BCUT2D eigenvalue weighted by molar-refractivity contribution is 5.92. The molecule has 1 aromatic heterocycles. The lowest BCUT2D eigenvalue weighted by molar-refractivity contribution is 0.0299. The highest BCUT2D eigenvalue weighted by atomic mass is 16.5. The van der Waals surface area contributed by atoms with Gasteiger partial charge in [-0.3, -0.25) is 9.89 Å². The molecule has 2 heterocycles. The molecule has 0 aromatic carbocycles. The van der Waals surface area contributed by atoms with Gasteiger partial charge >= 0.3 is 0 Å². The number of rotatable bonds is 1. The summed E-state index contributed by atoms with van der Waals surface area (Å²) in [4.78, 5) is 13.9. The van der Waals surface area contributed by atoms with E-state index in [1.807, 2.05) is 6.07 Å². The molecule has 1 amide bonds. The predicted molar refractivity (Wildman–Crippen MR) is 64.0 cm³/mol. The van der Waals surface area contributed by atoms with E-state index in [1.54, 1.807) is 4.90 Å². The van der Waals surface area contributed by atoms with E-state index in [9.17, 15) is 4.79 Å². The Hall–Kier alpha value is -1.36. The van der Waals surface area contributed by atoms with Crippen LogP contribution in [-0.4, -0.2) is 47.3 Å². The highest BCUT2D eigenvalue weighted by Gasteiger charge is 2.23. The van der Waals surface area contributed by atoms with E-state index >= 15 is 0 Å². The molecule has 17 heavy (non-hydrogen) atoms. The summed E-state index contributed by atoms with van der Waals surface area (Å²) in [5.41, 5.74) is 1.46. The normalized spacial score (nSPS) is 17.2. The summed E-state index contributed by atoms with van der Waals surface area (Å²) >= 11 is 0. The van der Waals surface area contributed by atoms with Crippen molar-refractivity contribution >= 4 is 5.91 Å². The van der Waals surface area contributed by atoms with Crippen LogP contribution in [-0.2, 0) is 10.2 Å². The van der Waals surface area contributed by atoms with Crippen LogP contribution in [0.2, 0.25) is 0 Å². The van der Waals surface area contributed by atoms with Crippen molar-refractivity contribution in [1.82, 2.24) is 15.1 Å². The maximum Gasteiger partial charge on any atom is 0.274 e. The number of ether oxygens (including phenoxy) is 1. The topological polar surface area (TPSA) is 58.2 Å². The number of carbonyl (C=O) groups excluding carboxylic acids is 1. The first-order chi connectivity index (χ1) is 7.98. The zero-order chi connectivity index (χ0) is 12.5. The van der Waals surface area contributed by atoms with E-state index in [4.69, 9.17) is 4.74 Å². The molecule has 5 heteroatoms. The Morgan fingerprint density at radius 1 is 1.41 bits per heavy atom. The highest BCUT2D eigenvalue weighted by Crippen LogP contribution is 2.20. The second-order valence-electron chi connectivity index (χ2n) is 5.32. The molecule has 1 aliphatic rings. The molecule has 0 atom stereocenters. The zero-order valence-corrected chi connectivity index (χ0v) is 10.6. The van der Waals surface area contributed by atoms with Gasteiger partial charge in [-0.25, -0.2) is 0 Å². The van der Waals surface area contributed by atoms with Gasteiger partial charge < -0.3 is 9.64 Å². The summed E-state index contributed by atoms with van der Waals surface area (Å²) in [5, 5.41) is 7.04. The van der Waals surface area contributed by atoms with Gasteiger partial charge in [-0.2, -0.15) is 5.10 Å². The van der Waals surface area contributed by atoms with Crippen molar-refractivity contribution in [3.8, 4) is 0 Å². The van der Waals surface area contributed by atoms with Crippen molar-refractivity contribution in [2.24, 2.45) is 0 Å². The van der Waals surface area contributed by atoms with E-state index in [1.165, 1.54) is 0 Å². The summed E-state index contributed by atoms with van der Waals surface area (Å²) in [6.45, 7) is 8.79. The molecule has 5 nitrogen and oxygen atoms in total. The molecular weight excluding hydrogens is 218 g/mol. The fourth-order valence-corrected chi connectivity index (χ4v) is 1.74. The Balaban J connectivity index is 2.11. The molecule has 1 aromatic rings. The minimum Gasteiger partial charge on any atom is -0.378 e. The van der Waals surface area contributed by atoms with Gasteiger partial charge in [-0.05, 0) is 6.07 Å². The third-order valence-corrected chi connectivity index (χ3v) is 2.90. The fourth-order valence-electron chi connectivity index (χ4n) is 1.74. The first kappa shape index (κ1) is 12.1. The van der Waals surface area contributed by atoms with Crippen molar-refractivity contribution in [2.75, 3.05) is 26.3 Å². The van der Waals surface area contributed by atoms with Gasteiger partial charge in [0, 0.05) is 24.2 Å². The van der Waals surface area contributed by atoms with E-state index < -0.39 is 0 Å². The number of H-pyrrole nitrogens is 1. The fraction of sp³-hybridized carbons (Fsp3) is 0.667. The summed E-state index contributed by atoms with van der Waals surface area (Å²) in [7, 11) is 0. The monoisotopic (exact) mass is 237 g/mol. The van der Waals surface area contributed by atoms with Crippen LogP contribution in [0.15, 0.2) is 6.07 Å². The first-order valence-electron chi connectivity index (χ1n) is 5.91. The van der Waals surface area contributed by atoms with Gasteiger partial charge in [-0.1, -0.05) is 20.8 Å². The second-order valence-corrected chi connectivity index (χ2v) is 5.32. The van der Waals surface area contributed by atoms with Crippen LogP contribution in [0.25, 0.3) is 0 Å². The Bertz CT molecular complexity index is 400. The quantitative estimate of drug-likeness (QED) is 0.798. The molecule has 1 N–H and O–H groups in total. The summed E-state index contributed by atoms with van der Waals surface area (Å²) < 4.78 is 5.22. The minimum absolute atomic E-state index is 0.0138. The van der Waals surface area contributed by atoms with Gasteiger partial charge in [0.05, 0.1) is 13.2 Å². The minimum atomic E-state index is -0.0173. The molecule has 2 rings (SSSR count). The zero-order valence-electron chi connectivity index (χ0n) is 10.6. The molecule has 0 aliphatic carbocycles. The maximum absolute atomic E-state index is 12.1. The summed E-state index contributed by atoms with van der Waals surface area (Å²) in [6, 6.07) is 1.85. The van der Waals surface area contributed by atoms with Crippen LogP contribution < -0.4 is 0 Å². The Kier molecular flexibility index (Phi) is 3.19. The lowest BCUT2D eigenvalue weighted by Gasteiger charge is -2.25. The van der Waals surface area contributed by atoms with Crippen LogP contribution in [0, 0.1) is 0 Å². The molecule has 0 spiro atoms. The van der Waals surface area contributed by atoms with Gasteiger partial charge in [0.25, 0.3) is 5.91 Å². The van der Waals surface area contributed by atoms with Crippen LogP contribution in [0.3, 0.4) is 0 Å². The first-order valence-corrected chi connectivity index (χ1v) is 5.91. The number of hydrogen-bond donors (Lipinski definition) is 1. The SMILES string of the molecule is CC(C)(C)c1cc(C(=O)N2CCOCC2)n[nH]1. The van der Waals surface area contributed by atoms with Crippen molar-refractivity contribution in [2.45, 2.75) is 26.2 Å². The van der Waals surface area contributed by atoms with Gasteiger partial charge in [-0.15, -0.1) is 0 Å². The average molecular weight is 237 g/mol. The van der Waals surface area contributed by atoms with Gasteiger partial charge in [0.15, 0.2) is 0 Å². The maximum atomic E-state index is 12.1. The van der Waals surface area contributed by atoms with E-state index in [-0.39, 0.29) is 11.3 Å². The van der Waals surface area contributed by atoms with Crippen LogP contribution in [0.4, 0.5) is 0 Å². The number of amides is 1. The molecule has 94 valence electrons. The number of aromatic nitrogens is 2. The molecule has 0 bridgehead atoms. The number of morpholine rings is 1. The van der Waals surface area contributed by atoms with E-state index in [0.717, 1.165) is 5.69 Å². The third kappa shape index (κ3) is 2.66. The molecule has 1 aliphatic heterocycles. The number of nitrogens with zero attached hydrogens (tertiary/aromatic N) is 2. The van der Waals surface area contributed by atoms with Crippen molar-refractivity contribution in [3.05, 3.63) is 17.5 Å².